The number of para-hydroxylation sites is 2. The van der Waals surface area contributed by atoms with Gasteiger partial charge in [0.15, 0.2) is 0 Å². The average Bonchev–Trinajstić information content (AvgIpc) is 2.67. The molecule has 1 aromatic heterocycles. The predicted molar refractivity (Wildman–Crippen MR) is 109 cm³/mol. The third-order valence-corrected chi connectivity index (χ3v) is 4.71. The highest BCUT2D eigenvalue weighted by Crippen LogP contribution is 2.27. The molecule has 27 heavy (non-hydrogen) atoms. The molecule has 0 aliphatic rings. The molecule has 2 aromatic carbocycles. The standard InChI is InChI=1S/C19H18Cl2N4O2/c1-3-25(11-19(26)24-14-6-4-5-7-17(14)27-2)18-10-22-15-8-12(20)13(21)9-16(15)23-18/h4-10H,3,11H2,1-2H3,(H,24,26). The maximum atomic E-state index is 12.5. The van der Waals surface area contributed by atoms with Gasteiger partial charge in [-0.2, -0.15) is 0 Å². The number of aromatic nitrogens is 2. The number of benzene rings is 2. The summed E-state index contributed by atoms with van der Waals surface area (Å²) >= 11 is 12.1. The highest BCUT2D eigenvalue weighted by molar-refractivity contribution is 6.42. The van der Waals surface area contributed by atoms with Gasteiger partial charge < -0.3 is 15.0 Å². The van der Waals surface area contributed by atoms with E-state index in [9.17, 15) is 4.79 Å². The first-order valence-electron chi connectivity index (χ1n) is 8.31. The van der Waals surface area contributed by atoms with Crippen molar-refractivity contribution in [1.82, 2.24) is 9.97 Å². The second-order valence-electron chi connectivity index (χ2n) is 5.75. The quantitative estimate of drug-likeness (QED) is 0.658. The first kappa shape index (κ1) is 19.2. The Morgan fingerprint density at radius 1 is 1.19 bits per heavy atom. The van der Waals surface area contributed by atoms with Crippen LogP contribution < -0.4 is 15.0 Å². The van der Waals surface area contributed by atoms with Crippen LogP contribution >= 0.6 is 23.2 Å². The number of nitrogens with one attached hydrogen (secondary N) is 1. The van der Waals surface area contributed by atoms with Gasteiger partial charge in [0, 0.05) is 6.54 Å². The number of carbonyl (C=O) groups is 1. The number of likely N-dealkylation sites (N-methyl/N-ethyl adjacent to an activating group) is 1. The van der Waals surface area contributed by atoms with Crippen LogP contribution in [0.5, 0.6) is 5.75 Å². The van der Waals surface area contributed by atoms with Crippen molar-refractivity contribution in [3.8, 4) is 5.75 Å². The number of methoxy groups -OCH3 is 1. The molecule has 0 bridgehead atoms. The summed E-state index contributed by atoms with van der Waals surface area (Å²) in [5.74, 6) is 1.00. The minimum Gasteiger partial charge on any atom is -0.495 e. The number of halogens is 2. The number of fused-ring (bicyclic) bond motifs is 1. The van der Waals surface area contributed by atoms with Crippen molar-refractivity contribution in [2.45, 2.75) is 6.92 Å². The molecule has 0 saturated carbocycles. The van der Waals surface area contributed by atoms with Crippen LogP contribution in [0.25, 0.3) is 11.0 Å². The predicted octanol–water partition coefficient (Wildman–Crippen LogP) is 4.41. The smallest absolute Gasteiger partial charge is 0.244 e. The molecule has 3 aromatic rings. The van der Waals surface area contributed by atoms with E-state index in [1.807, 2.05) is 24.0 Å². The van der Waals surface area contributed by atoms with Crippen molar-refractivity contribution in [1.29, 1.82) is 0 Å². The molecule has 0 fully saturated rings. The molecule has 3 rings (SSSR count). The van der Waals surface area contributed by atoms with Gasteiger partial charge in [0.05, 0.1) is 46.6 Å². The average molecular weight is 405 g/mol. The van der Waals surface area contributed by atoms with Crippen molar-refractivity contribution in [2.75, 3.05) is 30.4 Å². The van der Waals surface area contributed by atoms with E-state index in [0.717, 1.165) is 0 Å². The first-order valence-corrected chi connectivity index (χ1v) is 9.07. The molecular weight excluding hydrogens is 387 g/mol. The van der Waals surface area contributed by atoms with Crippen LogP contribution in [-0.2, 0) is 4.79 Å². The maximum Gasteiger partial charge on any atom is 0.244 e. The molecular formula is C19H18Cl2N4O2. The molecule has 140 valence electrons. The second-order valence-corrected chi connectivity index (χ2v) is 6.56. The molecule has 0 atom stereocenters. The van der Waals surface area contributed by atoms with Crippen LogP contribution in [0.4, 0.5) is 11.5 Å². The van der Waals surface area contributed by atoms with Gasteiger partial charge in [0.1, 0.15) is 11.6 Å². The van der Waals surface area contributed by atoms with Gasteiger partial charge in [0.25, 0.3) is 0 Å². The largest absolute Gasteiger partial charge is 0.495 e. The molecule has 6 nitrogen and oxygen atoms in total. The Balaban J connectivity index is 1.79. The Bertz CT molecular complexity index is 981. The third kappa shape index (κ3) is 4.40. The minimum absolute atomic E-state index is 0.121. The molecule has 0 unspecified atom stereocenters. The summed E-state index contributed by atoms with van der Waals surface area (Å²) in [6.45, 7) is 2.65. The highest BCUT2D eigenvalue weighted by atomic mass is 35.5. The Morgan fingerprint density at radius 3 is 2.59 bits per heavy atom. The Kier molecular flexibility index (Phi) is 5.98. The van der Waals surface area contributed by atoms with Crippen LogP contribution in [0.1, 0.15) is 6.92 Å². The zero-order valence-corrected chi connectivity index (χ0v) is 16.4. The van der Waals surface area contributed by atoms with Gasteiger partial charge in [-0.1, -0.05) is 35.3 Å². The lowest BCUT2D eigenvalue weighted by Crippen LogP contribution is -2.33. The van der Waals surface area contributed by atoms with Crippen molar-refractivity contribution in [2.24, 2.45) is 0 Å². The highest BCUT2D eigenvalue weighted by Gasteiger charge is 2.14. The summed E-state index contributed by atoms with van der Waals surface area (Å²) in [4.78, 5) is 23.2. The number of hydrogen-bond acceptors (Lipinski definition) is 5. The lowest BCUT2D eigenvalue weighted by molar-refractivity contribution is -0.115. The van der Waals surface area contributed by atoms with Gasteiger partial charge in [-0.15, -0.1) is 0 Å². The van der Waals surface area contributed by atoms with Crippen LogP contribution in [0.15, 0.2) is 42.6 Å². The molecule has 0 aliphatic heterocycles. The topological polar surface area (TPSA) is 67.4 Å². The third-order valence-electron chi connectivity index (χ3n) is 3.99. The van der Waals surface area contributed by atoms with E-state index in [4.69, 9.17) is 27.9 Å². The first-order chi connectivity index (χ1) is 13.0. The molecule has 1 amide bonds. The number of ether oxygens (including phenoxy) is 1. The van der Waals surface area contributed by atoms with Crippen molar-refractivity contribution >= 4 is 51.6 Å². The fourth-order valence-electron chi connectivity index (χ4n) is 2.62. The summed E-state index contributed by atoms with van der Waals surface area (Å²) in [7, 11) is 1.56. The van der Waals surface area contributed by atoms with Gasteiger partial charge in [-0.3, -0.25) is 9.78 Å². The zero-order chi connectivity index (χ0) is 19.4. The number of nitrogens with zero attached hydrogens (tertiary/aromatic N) is 3. The van der Waals surface area contributed by atoms with E-state index in [0.29, 0.717) is 44.9 Å². The van der Waals surface area contributed by atoms with E-state index < -0.39 is 0 Å². The fraction of sp³-hybridized carbons (Fsp3) is 0.211. The Hall–Kier alpha value is -2.57. The van der Waals surface area contributed by atoms with E-state index in [1.165, 1.54) is 0 Å². The van der Waals surface area contributed by atoms with E-state index in [2.05, 4.69) is 15.3 Å². The van der Waals surface area contributed by atoms with Gasteiger partial charge in [-0.05, 0) is 31.2 Å². The number of carbonyl (C=O) groups excluding carboxylic acids is 1. The number of hydrogen-bond donors (Lipinski definition) is 1. The van der Waals surface area contributed by atoms with Crippen molar-refractivity contribution in [3.05, 3.63) is 52.6 Å². The molecule has 0 radical (unpaired) electrons. The molecule has 0 spiro atoms. The van der Waals surface area contributed by atoms with Crippen molar-refractivity contribution in [3.63, 3.8) is 0 Å². The van der Waals surface area contributed by atoms with Crippen molar-refractivity contribution < 1.29 is 9.53 Å². The van der Waals surface area contributed by atoms with Gasteiger partial charge >= 0.3 is 0 Å². The molecule has 8 heteroatoms. The summed E-state index contributed by atoms with van der Waals surface area (Å²) in [5.41, 5.74) is 1.88. The Labute approximate surface area is 167 Å². The summed E-state index contributed by atoms with van der Waals surface area (Å²) in [6.07, 6.45) is 1.62. The lowest BCUT2D eigenvalue weighted by atomic mass is 10.3. The van der Waals surface area contributed by atoms with E-state index in [1.54, 1.807) is 37.6 Å². The van der Waals surface area contributed by atoms with Crippen LogP contribution in [0, 0.1) is 0 Å². The van der Waals surface area contributed by atoms with E-state index in [-0.39, 0.29) is 12.5 Å². The fourth-order valence-corrected chi connectivity index (χ4v) is 2.93. The lowest BCUT2D eigenvalue weighted by Gasteiger charge is -2.21. The maximum absolute atomic E-state index is 12.5. The van der Waals surface area contributed by atoms with Crippen LogP contribution in [0.3, 0.4) is 0 Å². The van der Waals surface area contributed by atoms with Crippen LogP contribution in [-0.4, -0.2) is 36.1 Å². The molecule has 0 aliphatic carbocycles. The van der Waals surface area contributed by atoms with E-state index >= 15 is 0 Å². The number of amides is 1. The summed E-state index contributed by atoms with van der Waals surface area (Å²) < 4.78 is 5.26. The second kappa shape index (κ2) is 8.41. The molecule has 0 saturated heterocycles. The molecule has 1 N–H and O–H groups in total. The number of rotatable bonds is 6. The van der Waals surface area contributed by atoms with Gasteiger partial charge in [-0.25, -0.2) is 4.98 Å². The SMILES string of the molecule is CCN(CC(=O)Nc1ccccc1OC)c1cnc2cc(Cl)c(Cl)cc2n1. The summed E-state index contributed by atoms with van der Waals surface area (Å²) in [5, 5.41) is 3.69. The number of anilines is 2. The van der Waals surface area contributed by atoms with Gasteiger partial charge in [0.2, 0.25) is 5.91 Å². The Morgan fingerprint density at radius 2 is 1.89 bits per heavy atom. The summed E-state index contributed by atoms with van der Waals surface area (Å²) in [6, 6.07) is 10.6. The monoisotopic (exact) mass is 404 g/mol. The zero-order valence-electron chi connectivity index (χ0n) is 14.9. The van der Waals surface area contributed by atoms with Crippen LogP contribution in [0.2, 0.25) is 10.0 Å². The normalized spacial score (nSPS) is 10.7. The minimum atomic E-state index is -0.183. The molecule has 1 heterocycles.